The monoisotopic (exact) mass is 316 g/mol. The third-order valence-electron chi connectivity index (χ3n) is 3.41. The molecule has 0 aromatic carbocycles. The molecule has 1 heterocycles. The molecule has 1 saturated heterocycles. The van der Waals surface area contributed by atoms with E-state index in [1.165, 1.54) is 23.1 Å². The fourth-order valence-electron chi connectivity index (χ4n) is 2.25. The van der Waals surface area contributed by atoms with Crippen LogP contribution in [0.5, 0.6) is 0 Å². The van der Waals surface area contributed by atoms with Crippen LogP contribution in [0.15, 0.2) is 0 Å². The van der Waals surface area contributed by atoms with Gasteiger partial charge >= 0.3 is 5.97 Å². The lowest BCUT2D eigenvalue weighted by atomic mass is 10.1. The van der Waals surface area contributed by atoms with Gasteiger partial charge in [-0.3, -0.25) is 14.4 Å². The Morgan fingerprint density at radius 3 is 2.29 bits per heavy atom. The Kier molecular flexibility index (Phi) is 7.56. The zero-order valence-corrected chi connectivity index (χ0v) is 13.5. The summed E-state index contributed by atoms with van der Waals surface area (Å²) in [6, 6.07) is -0.160. The zero-order valence-electron chi connectivity index (χ0n) is 12.7. The van der Waals surface area contributed by atoms with E-state index in [0.29, 0.717) is 0 Å². The number of carboxylic acids is 1. The molecule has 0 unspecified atom stereocenters. The Labute approximate surface area is 129 Å². The van der Waals surface area contributed by atoms with Crippen molar-refractivity contribution in [1.82, 2.24) is 9.80 Å². The summed E-state index contributed by atoms with van der Waals surface area (Å²) in [5, 5.41) is 8.80. The number of carboxylic acid groups (broad SMARTS) is 1. The highest BCUT2D eigenvalue weighted by atomic mass is 32.2. The molecule has 6 nitrogen and oxygen atoms in total. The molecule has 2 amide bonds. The molecule has 1 fully saturated rings. The van der Waals surface area contributed by atoms with E-state index in [0.717, 1.165) is 25.9 Å². The van der Waals surface area contributed by atoms with Crippen molar-refractivity contribution >= 4 is 29.5 Å². The van der Waals surface area contributed by atoms with Crippen LogP contribution in [-0.2, 0) is 14.4 Å². The number of amides is 2. The molecule has 1 N–H and O–H groups in total. The van der Waals surface area contributed by atoms with E-state index in [-0.39, 0.29) is 35.9 Å². The first-order valence-electron chi connectivity index (χ1n) is 7.28. The highest BCUT2D eigenvalue weighted by Crippen LogP contribution is 2.12. The molecule has 1 aliphatic rings. The van der Waals surface area contributed by atoms with Gasteiger partial charge in [-0.2, -0.15) is 0 Å². The molecule has 21 heavy (non-hydrogen) atoms. The standard InChI is InChI=1S/C14H24N2O4S/c1-11(2)16(8-14(19)20)13(18)10-21-9-12(17)15-6-4-3-5-7-15/h11H,3-10H2,1-2H3,(H,19,20). The van der Waals surface area contributed by atoms with E-state index in [1.807, 2.05) is 4.90 Å². The summed E-state index contributed by atoms with van der Waals surface area (Å²) in [6.07, 6.45) is 3.28. The molecule has 120 valence electrons. The smallest absolute Gasteiger partial charge is 0.323 e. The number of nitrogens with zero attached hydrogens (tertiary/aromatic N) is 2. The Bertz CT molecular complexity index is 381. The number of hydrogen-bond acceptors (Lipinski definition) is 4. The quantitative estimate of drug-likeness (QED) is 0.760. The molecule has 0 atom stereocenters. The van der Waals surface area contributed by atoms with Crippen LogP contribution in [0.1, 0.15) is 33.1 Å². The van der Waals surface area contributed by atoms with Gasteiger partial charge in [-0.05, 0) is 33.1 Å². The molecule has 0 radical (unpaired) electrons. The van der Waals surface area contributed by atoms with Gasteiger partial charge in [0, 0.05) is 19.1 Å². The van der Waals surface area contributed by atoms with Gasteiger partial charge in [0.25, 0.3) is 0 Å². The van der Waals surface area contributed by atoms with Crippen molar-refractivity contribution in [2.24, 2.45) is 0 Å². The first kappa shape index (κ1) is 17.8. The normalized spacial score (nSPS) is 15.1. The number of carbonyl (C=O) groups excluding carboxylic acids is 2. The number of piperidine rings is 1. The maximum atomic E-state index is 12.0. The second-order valence-electron chi connectivity index (χ2n) is 5.44. The molecule has 0 aliphatic carbocycles. The van der Waals surface area contributed by atoms with Crippen molar-refractivity contribution < 1.29 is 19.5 Å². The Morgan fingerprint density at radius 2 is 1.76 bits per heavy atom. The van der Waals surface area contributed by atoms with Crippen LogP contribution in [0, 0.1) is 0 Å². The van der Waals surface area contributed by atoms with Crippen molar-refractivity contribution in [3.63, 3.8) is 0 Å². The van der Waals surface area contributed by atoms with Gasteiger partial charge in [0.05, 0.1) is 11.5 Å². The van der Waals surface area contributed by atoms with Crippen molar-refractivity contribution in [2.45, 2.75) is 39.2 Å². The molecule has 0 spiro atoms. The third-order valence-corrected chi connectivity index (χ3v) is 4.31. The van der Waals surface area contributed by atoms with Gasteiger partial charge < -0.3 is 14.9 Å². The van der Waals surface area contributed by atoms with Crippen LogP contribution < -0.4 is 0 Å². The van der Waals surface area contributed by atoms with Crippen molar-refractivity contribution in [3.8, 4) is 0 Å². The first-order chi connectivity index (χ1) is 9.91. The van der Waals surface area contributed by atoms with Crippen LogP contribution >= 0.6 is 11.8 Å². The molecule has 1 rings (SSSR count). The number of carbonyl (C=O) groups is 3. The fourth-order valence-corrected chi connectivity index (χ4v) is 3.05. The van der Waals surface area contributed by atoms with Crippen LogP contribution in [-0.4, -0.2) is 69.9 Å². The molecular weight excluding hydrogens is 292 g/mol. The van der Waals surface area contributed by atoms with Gasteiger partial charge in [0.2, 0.25) is 11.8 Å². The lowest BCUT2D eigenvalue weighted by molar-refractivity contribution is -0.144. The summed E-state index contributed by atoms with van der Waals surface area (Å²) < 4.78 is 0. The van der Waals surface area contributed by atoms with E-state index in [1.54, 1.807) is 13.8 Å². The van der Waals surface area contributed by atoms with E-state index >= 15 is 0 Å². The largest absolute Gasteiger partial charge is 0.480 e. The Hall–Kier alpha value is -1.24. The summed E-state index contributed by atoms with van der Waals surface area (Å²) in [7, 11) is 0. The van der Waals surface area contributed by atoms with Crippen LogP contribution in [0.25, 0.3) is 0 Å². The van der Waals surface area contributed by atoms with Crippen LogP contribution in [0.4, 0.5) is 0 Å². The minimum atomic E-state index is -1.02. The van der Waals surface area contributed by atoms with Crippen LogP contribution in [0.3, 0.4) is 0 Å². The minimum absolute atomic E-state index is 0.0711. The van der Waals surface area contributed by atoms with E-state index in [9.17, 15) is 14.4 Å². The number of rotatable bonds is 7. The SMILES string of the molecule is CC(C)N(CC(=O)O)C(=O)CSCC(=O)N1CCCCC1. The summed E-state index contributed by atoms with van der Waals surface area (Å²) in [4.78, 5) is 37.9. The van der Waals surface area contributed by atoms with Crippen molar-refractivity contribution in [1.29, 1.82) is 0 Å². The molecule has 1 aliphatic heterocycles. The predicted octanol–water partition coefficient (Wildman–Crippen LogP) is 1.05. The average molecular weight is 316 g/mol. The molecule has 0 aromatic rings. The molecule has 7 heteroatoms. The lowest BCUT2D eigenvalue weighted by Gasteiger charge is -2.27. The molecule has 0 aromatic heterocycles. The van der Waals surface area contributed by atoms with Gasteiger partial charge in [0.1, 0.15) is 6.54 Å². The van der Waals surface area contributed by atoms with Gasteiger partial charge in [0.15, 0.2) is 0 Å². The predicted molar refractivity (Wildman–Crippen MR) is 82.2 cm³/mol. The molecular formula is C14H24N2O4S. The zero-order chi connectivity index (χ0) is 15.8. The average Bonchev–Trinajstić information content (AvgIpc) is 2.45. The van der Waals surface area contributed by atoms with E-state index in [2.05, 4.69) is 0 Å². The summed E-state index contributed by atoms with van der Waals surface area (Å²) >= 11 is 1.26. The summed E-state index contributed by atoms with van der Waals surface area (Å²) in [6.45, 7) is 4.89. The highest BCUT2D eigenvalue weighted by Gasteiger charge is 2.21. The number of likely N-dealkylation sites (tertiary alicyclic amines) is 1. The second kappa shape index (κ2) is 8.92. The summed E-state index contributed by atoms with van der Waals surface area (Å²) in [5.41, 5.74) is 0. The number of thioether (sulfide) groups is 1. The van der Waals surface area contributed by atoms with E-state index in [4.69, 9.17) is 5.11 Å². The van der Waals surface area contributed by atoms with Crippen molar-refractivity contribution in [3.05, 3.63) is 0 Å². The Balaban J connectivity index is 2.33. The lowest BCUT2D eigenvalue weighted by Crippen LogP contribution is -2.42. The van der Waals surface area contributed by atoms with Crippen molar-refractivity contribution in [2.75, 3.05) is 31.1 Å². The van der Waals surface area contributed by atoms with Gasteiger partial charge in [-0.25, -0.2) is 0 Å². The van der Waals surface area contributed by atoms with Gasteiger partial charge in [-0.1, -0.05) is 0 Å². The maximum Gasteiger partial charge on any atom is 0.323 e. The minimum Gasteiger partial charge on any atom is -0.480 e. The summed E-state index contributed by atoms with van der Waals surface area (Å²) in [5.74, 6) is -0.757. The molecule has 0 bridgehead atoms. The number of aliphatic carboxylic acids is 1. The number of hydrogen-bond donors (Lipinski definition) is 1. The third kappa shape index (κ3) is 6.37. The van der Waals surface area contributed by atoms with Gasteiger partial charge in [-0.15, -0.1) is 11.8 Å². The highest BCUT2D eigenvalue weighted by molar-refractivity contribution is 8.00. The Morgan fingerprint density at radius 1 is 1.14 bits per heavy atom. The fraction of sp³-hybridized carbons (Fsp3) is 0.786. The maximum absolute atomic E-state index is 12.0. The second-order valence-corrected chi connectivity index (χ2v) is 6.43. The van der Waals surface area contributed by atoms with E-state index < -0.39 is 5.97 Å². The van der Waals surface area contributed by atoms with Crippen LogP contribution in [0.2, 0.25) is 0 Å². The topological polar surface area (TPSA) is 77.9 Å². The molecule has 0 saturated carbocycles. The first-order valence-corrected chi connectivity index (χ1v) is 8.44.